The Kier molecular flexibility index (Phi) is 5.14. The van der Waals surface area contributed by atoms with E-state index >= 15 is 0 Å². The summed E-state index contributed by atoms with van der Waals surface area (Å²) in [6, 6.07) is 4.92. The summed E-state index contributed by atoms with van der Waals surface area (Å²) in [6.45, 7) is 9.56. The normalized spacial score (nSPS) is 16.3. The Labute approximate surface area is 164 Å². The summed E-state index contributed by atoms with van der Waals surface area (Å²) in [5, 5.41) is 3.70. The Morgan fingerprint density at radius 2 is 2.00 bits per heavy atom. The summed E-state index contributed by atoms with van der Waals surface area (Å²) in [6.07, 6.45) is 0.793. The predicted octanol–water partition coefficient (Wildman–Crippen LogP) is 3.25. The molecule has 0 saturated carbocycles. The second-order valence-corrected chi connectivity index (χ2v) is 9.19. The van der Waals surface area contributed by atoms with Gasteiger partial charge < -0.3 is 14.2 Å². The fraction of sp³-hybridized carbons (Fsp3) is 0.474. The lowest BCUT2D eigenvalue weighted by molar-refractivity contribution is -0.127. The molecule has 0 fully saturated rings. The number of carbonyl (C=O) groups excluding carboxylic acids is 1. The van der Waals surface area contributed by atoms with E-state index in [2.05, 4.69) is 9.88 Å². The van der Waals surface area contributed by atoms with Crippen molar-refractivity contribution in [2.75, 3.05) is 22.8 Å². The van der Waals surface area contributed by atoms with Crippen molar-refractivity contribution in [3.8, 4) is 5.75 Å². The molecule has 0 saturated heterocycles. The quantitative estimate of drug-likeness (QED) is 0.816. The SMILES string of the molecule is CCCN1C(=O)C(C)(C)COc2cc(NS(=O)(=O)c3c(C)noc3C)ccc21. The number of amides is 1. The molecule has 0 bridgehead atoms. The average molecular weight is 407 g/mol. The van der Waals surface area contributed by atoms with Crippen LogP contribution in [-0.2, 0) is 14.8 Å². The Morgan fingerprint density at radius 1 is 1.29 bits per heavy atom. The molecule has 1 aliphatic heterocycles. The highest BCUT2D eigenvalue weighted by Gasteiger charge is 2.37. The van der Waals surface area contributed by atoms with Gasteiger partial charge in [-0.15, -0.1) is 0 Å². The minimum atomic E-state index is -3.87. The summed E-state index contributed by atoms with van der Waals surface area (Å²) in [4.78, 5) is 14.6. The number of nitrogens with zero attached hydrogens (tertiary/aromatic N) is 2. The standard InChI is InChI=1S/C19H25N3O5S/c1-6-9-22-15-8-7-14(10-16(15)26-11-19(4,5)18(22)23)21-28(24,25)17-12(2)20-27-13(17)3/h7-8,10,21H,6,9,11H2,1-5H3. The van der Waals surface area contributed by atoms with E-state index < -0.39 is 15.4 Å². The number of aromatic nitrogens is 1. The maximum absolute atomic E-state index is 12.9. The Morgan fingerprint density at radius 3 is 2.61 bits per heavy atom. The summed E-state index contributed by atoms with van der Waals surface area (Å²) in [7, 11) is -3.87. The number of hydrogen-bond donors (Lipinski definition) is 1. The number of ether oxygens (including phenoxy) is 1. The number of anilines is 2. The smallest absolute Gasteiger partial charge is 0.267 e. The minimum absolute atomic E-state index is 0.0165. The third-order valence-electron chi connectivity index (χ3n) is 4.60. The maximum Gasteiger partial charge on any atom is 0.267 e. The Bertz CT molecular complexity index is 991. The van der Waals surface area contributed by atoms with Crippen LogP contribution in [-0.4, -0.2) is 32.6 Å². The van der Waals surface area contributed by atoms with Gasteiger partial charge in [-0.2, -0.15) is 0 Å². The molecule has 28 heavy (non-hydrogen) atoms. The number of aryl methyl sites for hydroxylation is 2. The minimum Gasteiger partial charge on any atom is -0.490 e. The first kappa shape index (κ1) is 20.2. The van der Waals surface area contributed by atoms with Gasteiger partial charge in [-0.3, -0.25) is 9.52 Å². The third kappa shape index (κ3) is 3.58. The zero-order valence-corrected chi connectivity index (χ0v) is 17.5. The first-order valence-corrected chi connectivity index (χ1v) is 10.6. The molecule has 1 aromatic heterocycles. The van der Waals surface area contributed by atoms with Crippen molar-refractivity contribution in [3.05, 3.63) is 29.7 Å². The zero-order valence-electron chi connectivity index (χ0n) is 16.7. The molecule has 0 aliphatic carbocycles. The van der Waals surface area contributed by atoms with Crippen molar-refractivity contribution in [2.24, 2.45) is 5.41 Å². The summed E-state index contributed by atoms with van der Waals surface area (Å²) in [5.74, 6) is 0.668. The summed E-state index contributed by atoms with van der Waals surface area (Å²) >= 11 is 0. The van der Waals surface area contributed by atoms with E-state index in [9.17, 15) is 13.2 Å². The van der Waals surface area contributed by atoms with Crippen molar-refractivity contribution in [2.45, 2.75) is 45.9 Å². The van der Waals surface area contributed by atoms with Crippen LogP contribution in [0.2, 0.25) is 0 Å². The first-order chi connectivity index (χ1) is 13.1. The molecule has 2 aromatic rings. The van der Waals surface area contributed by atoms with Crippen molar-refractivity contribution >= 4 is 27.3 Å². The van der Waals surface area contributed by atoms with Crippen LogP contribution < -0.4 is 14.4 Å². The Balaban J connectivity index is 1.98. The fourth-order valence-electron chi connectivity index (χ4n) is 3.22. The number of nitrogens with one attached hydrogen (secondary N) is 1. The van der Waals surface area contributed by atoms with Crippen LogP contribution in [0.5, 0.6) is 5.75 Å². The first-order valence-electron chi connectivity index (χ1n) is 9.11. The van der Waals surface area contributed by atoms with Gasteiger partial charge in [0, 0.05) is 12.6 Å². The topological polar surface area (TPSA) is 102 Å². The van der Waals surface area contributed by atoms with Crippen molar-refractivity contribution in [1.82, 2.24) is 5.16 Å². The van der Waals surface area contributed by atoms with E-state index in [0.717, 1.165) is 6.42 Å². The van der Waals surface area contributed by atoms with Gasteiger partial charge in [-0.05, 0) is 46.2 Å². The van der Waals surface area contributed by atoms with E-state index in [4.69, 9.17) is 9.26 Å². The van der Waals surface area contributed by atoms with Crippen LogP contribution in [0.25, 0.3) is 0 Å². The second kappa shape index (κ2) is 7.12. The molecule has 152 valence electrons. The van der Waals surface area contributed by atoms with E-state index in [1.807, 2.05) is 20.8 Å². The molecule has 1 aliphatic rings. The number of fused-ring (bicyclic) bond motifs is 1. The molecule has 3 rings (SSSR count). The largest absolute Gasteiger partial charge is 0.490 e. The number of rotatable bonds is 5. The highest BCUT2D eigenvalue weighted by Crippen LogP contribution is 2.38. The molecular weight excluding hydrogens is 382 g/mol. The lowest BCUT2D eigenvalue weighted by atomic mass is 9.93. The second-order valence-electron chi connectivity index (χ2n) is 7.57. The van der Waals surface area contributed by atoms with Gasteiger partial charge in [0.05, 0.1) is 16.8 Å². The molecule has 1 N–H and O–H groups in total. The van der Waals surface area contributed by atoms with Gasteiger partial charge in [0.25, 0.3) is 10.0 Å². The van der Waals surface area contributed by atoms with Crippen LogP contribution in [0.3, 0.4) is 0 Å². The number of hydrogen-bond acceptors (Lipinski definition) is 6. The lowest BCUT2D eigenvalue weighted by Gasteiger charge is -2.27. The molecule has 9 heteroatoms. The maximum atomic E-state index is 12.9. The van der Waals surface area contributed by atoms with Crippen molar-refractivity contribution in [3.63, 3.8) is 0 Å². The lowest BCUT2D eigenvalue weighted by Crippen LogP contribution is -2.42. The fourth-order valence-corrected chi connectivity index (χ4v) is 4.60. The highest BCUT2D eigenvalue weighted by atomic mass is 32.2. The molecule has 0 atom stereocenters. The van der Waals surface area contributed by atoms with Crippen LogP contribution in [0.15, 0.2) is 27.6 Å². The zero-order chi connectivity index (χ0) is 20.7. The van der Waals surface area contributed by atoms with Crippen molar-refractivity contribution in [1.29, 1.82) is 0 Å². The monoisotopic (exact) mass is 407 g/mol. The van der Waals surface area contributed by atoms with Gasteiger partial charge in [0.1, 0.15) is 18.1 Å². The number of benzene rings is 1. The van der Waals surface area contributed by atoms with Crippen LogP contribution in [0.1, 0.15) is 38.6 Å². The highest BCUT2D eigenvalue weighted by molar-refractivity contribution is 7.92. The molecule has 8 nitrogen and oxygen atoms in total. The summed E-state index contributed by atoms with van der Waals surface area (Å²) in [5.41, 5.74) is 0.586. The van der Waals surface area contributed by atoms with Gasteiger partial charge >= 0.3 is 0 Å². The van der Waals surface area contributed by atoms with Crippen LogP contribution >= 0.6 is 0 Å². The van der Waals surface area contributed by atoms with Crippen LogP contribution in [0, 0.1) is 19.3 Å². The molecule has 2 heterocycles. The van der Waals surface area contributed by atoms with Gasteiger partial charge in [-0.25, -0.2) is 8.42 Å². The molecule has 0 unspecified atom stereocenters. The molecular formula is C19H25N3O5S. The van der Waals surface area contributed by atoms with Crippen molar-refractivity contribution < 1.29 is 22.5 Å². The van der Waals surface area contributed by atoms with Crippen LogP contribution in [0.4, 0.5) is 11.4 Å². The molecule has 0 radical (unpaired) electrons. The Hall–Kier alpha value is -2.55. The van der Waals surface area contributed by atoms with E-state index in [1.165, 1.54) is 0 Å². The van der Waals surface area contributed by atoms with Gasteiger partial charge in [-0.1, -0.05) is 12.1 Å². The molecule has 0 spiro atoms. The molecule has 1 amide bonds. The molecule has 1 aromatic carbocycles. The summed E-state index contributed by atoms with van der Waals surface area (Å²) < 4.78 is 38.9. The third-order valence-corrected chi connectivity index (χ3v) is 6.22. The van der Waals surface area contributed by atoms with E-state index in [-0.39, 0.29) is 28.9 Å². The van der Waals surface area contributed by atoms with E-state index in [0.29, 0.717) is 23.7 Å². The van der Waals surface area contributed by atoms with E-state index in [1.54, 1.807) is 36.9 Å². The predicted molar refractivity (Wildman–Crippen MR) is 105 cm³/mol. The van der Waals surface area contributed by atoms with Gasteiger partial charge in [0.2, 0.25) is 5.91 Å². The average Bonchev–Trinajstić information content (AvgIpc) is 2.92. The number of sulfonamides is 1. The van der Waals surface area contributed by atoms with Gasteiger partial charge in [0.15, 0.2) is 10.7 Å². The number of carbonyl (C=O) groups is 1.